The van der Waals surface area contributed by atoms with Gasteiger partial charge in [-0.25, -0.2) is 5.43 Å². The second-order valence-corrected chi connectivity index (χ2v) is 7.83. The van der Waals surface area contributed by atoms with Crippen molar-refractivity contribution in [3.8, 4) is 0 Å². The highest BCUT2D eigenvalue weighted by Crippen LogP contribution is 2.63. The van der Waals surface area contributed by atoms with E-state index in [4.69, 9.17) is 23.2 Å². The molecule has 1 amide bonds. The summed E-state index contributed by atoms with van der Waals surface area (Å²) in [7, 11) is 0. The summed E-state index contributed by atoms with van der Waals surface area (Å²) in [6, 6.07) is 19.9. The molecule has 5 heteroatoms. The molecular formula is C20H20Cl2N2O. The number of benzene rings is 2. The van der Waals surface area contributed by atoms with Crippen LogP contribution in [0.2, 0.25) is 0 Å². The predicted molar refractivity (Wildman–Crippen MR) is 103 cm³/mol. The number of nitrogens with one attached hydrogen (secondary N) is 1. The number of alkyl halides is 2. The molecule has 130 valence electrons. The van der Waals surface area contributed by atoms with Crippen molar-refractivity contribution in [2.75, 3.05) is 0 Å². The minimum Gasteiger partial charge on any atom is -0.273 e. The molecule has 1 atom stereocenters. The van der Waals surface area contributed by atoms with E-state index in [9.17, 15) is 4.79 Å². The molecule has 0 aromatic heterocycles. The van der Waals surface area contributed by atoms with E-state index in [0.29, 0.717) is 12.8 Å². The Balaban J connectivity index is 1.51. The lowest BCUT2D eigenvalue weighted by Gasteiger charge is -2.13. The van der Waals surface area contributed by atoms with Gasteiger partial charge in [0.25, 0.3) is 0 Å². The van der Waals surface area contributed by atoms with E-state index in [1.807, 2.05) is 48.5 Å². The van der Waals surface area contributed by atoms with Gasteiger partial charge in [-0.15, -0.1) is 23.2 Å². The topological polar surface area (TPSA) is 41.5 Å². The third-order valence-corrected chi connectivity index (χ3v) is 5.45. The predicted octanol–water partition coefficient (Wildman–Crippen LogP) is 4.63. The van der Waals surface area contributed by atoms with E-state index in [1.54, 1.807) is 6.21 Å². The van der Waals surface area contributed by atoms with E-state index in [2.05, 4.69) is 22.7 Å². The van der Waals surface area contributed by atoms with Gasteiger partial charge in [0.05, 0.1) is 5.41 Å². The van der Waals surface area contributed by atoms with Crippen molar-refractivity contribution >= 4 is 35.3 Å². The summed E-state index contributed by atoms with van der Waals surface area (Å²) in [5.74, 6) is -0.106. The molecule has 3 nitrogen and oxygen atoms in total. The summed E-state index contributed by atoms with van der Waals surface area (Å²) in [4.78, 5) is 11.9. The minimum atomic E-state index is -0.879. The number of amides is 1. The molecule has 0 radical (unpaired) electrons. The molecular weight excluding hydrogens is 355 g/mol. The van der Waals surface area contributed by atoms with E-state index in [1.165, 1.54) is 5.56 Å². The molecule has 2 aromatic rings. The Morgan fingerprint density at radius 1 is 1.08 bits per heavy atom. The SMILES string of the molecule is O=C(CCCc1ccccc1)N/N=C\[C@]1(c2ccccc2)CC1(Cl)Cl. The molecule has 0 unspecified atom stereocenters. The van der Waals surface area contributed by atoms with Gasteiger partial charge in [-0.1, -0.05) is 60.7 Å². The molecule has 1 aliphatic rings. The Morgan fingerprint density at radius 2 is 1.68 bits per heavy atom. The molecule has 3 rings (SSSR count). The molecule has 0 heterocycles. The van der Waals surface area contributed by atoms with Crippen LogP contribution in [0.1, 0.15) is 30.4 Å². The standard InChI is InChI=1S/C20H20Cl2N2O/c21-20(22)14-19(20,17-11-5-2-6-12-17)15-23-24-18(25)13-7-10-16-8-3-1-4-9-16/h1-6,8-9,11-12,15H,7,10,13-14H2,(H,24,25)/b23-15-/t19-/m0/s1. The Hall–Kier alpha value is -1.84. The molecule has 1 fully saturated rings. The van der Waals surface area contributed by atoms with Gasteiger partial charge < -0.3 is 0 Å². The van der Waals surface area contributed by atoms with Crippen molar-refractivity contribution < 1.29 is 4.79 Å². The average molecular weight is 375 g/mol. The highest BCUT2D eigenvalue weighted by atomic mass is 35.5. The second kappa shape index (κ2) is 7.59. The summed E-state index contributed by atoms with van der Waals surface area (Å²) < 4.78 is -0.879. The van der Waals surface area contributed by atoms with Crippen LogP contribution < -0.4 is 5.43 Å². The van der Waals surface area contributed by atoms with Gasteiger partial charge in [0.1, 0.15) is 4.33 Å². The first-order chi connectivity index (χ1) is 12.0. The number of halogens is 2. The maximum atomic E-state index is 11.9. The Labute approximate surface area is 158 Å². The van der Waals surface area contributed by atoms with Crippen molar-refractivity contribution in [1.29, 1.82) is 0 Å². The summed E-state index contributed by atoms with van der Waals surface area (Å²) in [6.45, 7) is 0. The van der Waals surface area contributed by atoms with Gasteiger partial charge in [0, 0.05) is 12.6 Å². The largest absolute Gasteiger partial charge is 0.273 e. The van der Waals surface area contributed by atoms with Crippen LogP contribution in [0.4, 0.5) is 0 Å². The van der Waals surface area contributed by atoms with Crippen molar-refractivity contribution in [3.63, 3.8) is 0 Å². The number of aryl methyl sites for hydroxylation is 1. The molecule has 2 aromatic carbocycles. The molecule has 0 aliphatic heterocycles. The quantitative estimate of drug-likeness (QED) is 0.428. The first-order valence-electron chi connectivity index (χ1n) is 8.34. The highest BCUT2D eigenvalue weighted by Gasteiger charge is 2.66. The van der Waals surface area contributed by atoms with E-state index in [0.717, 1.165) is 18.4 Å². The zero-order chi connectivity index (χ0) is 17.8. The lowest BCUT2D eigenvalue weighted by molar-refractivity contribution is -0.121. The van der Waals surface area contributed by atoms with Crippen molar-refractivity contribution in [2.24, 2.45) is 5.10 Å². The number of hydrazone groups is 1. The number of rotatable bonds is 7. The Kier molecular flexibility index (Phi) is 5.45. The zero-order valence-electron chi connectivity index (χ0n) is 13.8. The van der Waals surface area contributed by atoms with Gasteiger partial charge in [0.2, 0.25) is 5.91 Å². The fourth-order valence-electron chi connectivity index (χ4n) is 2.94. The number of hydrogen-bond acceptors (Lipinski definition) is 2. The number of carbonyl (C=O) groups is 1. The van der Waals surface area contributed by atoms with Crippen LogP contribution in [-0.2, 0) is 16.6 Å². The molecule has 0 saturated heterocycles. The summed E-state index contributed by atoms with van der Waals surface area (Å²) in [6.07, 6.45) is 4.33. The third-order valence-electron chi connectivity index (χ3n) is 4.50. The maximum absolute atomic E-state index is 11.9. The molecule has 1 saturated carbocycles. The van der Waals surface area contributed by atoms with Gasteiger partial charge in [-0.2, -0.15) is 5.10 Å². The van der Waals surface area contributed by atoms with E-state index < -0.39 is 9.75 Å². The van der Waals surface area contributed by atoms with Gasteiger partial charge in [-0.05, 0) is 30.4 Å². The first kappa shape index (κ1) is 18.0. The van der Waals surface area contributed by atoms with Crippen LogP contribution in [0.25, 0.3) is 0 Å². The van der Waals surface area contributed by atoms with E-state index in [-0.39, 0.29) is 5.91 Å². The first-order valence-corrected chi connectivity index (χ1v) is 9.09. The van der Waals surface area contributed by atoms with Crippen LogP contribution >= 0.6 is 23.2 Å². The number of nitrogens with zero attached hydrogens (tertiary/aromatic N) is 1. The average Bonchev–Trinajstić information content (AvgIpc) is 3.19. The number of hydrogen-bond donors (Lipinski definition) is 1. The van der Waals surface area contributed by atoms with Crippen LogP contribution in [-0.4, -0.2) is 16.5 Å². The summed E-state index contributed by atoms with van der Waals surface area (Å²) >= 11 is 12.7. The lowest BCUT2D eigenvalue weighted by Crippen LogP contribution is -2.22. The van der Waals surface area contributed by atoms with Crippen molar-refractivity contribution in [2.45, 2.75) is 35.4 Å². The van der Waals surface area contributed by atoms with Gasteiger partial charge >= 0.3 is 0 Å². The summed E-state index contributed by atoms with van der Waals surface area (Å²) in [5, 5.41) is 4.11. The van der Waals surface area contributed by atoms with Crippen molar-refractivity contribution in [3.05, 3.63) is 71.8 Å². The summed E-state index contributed by atoms with van der Waals surface area (Å²) in [5.41, 5.74) is 4.29. The van der Waals surface area contributed by atoms with Crippen molar-refractivity contribution in [1.82, 2.24) is 5.43 Å². The van der Waals surface area contributed by atoms with Crippen LogP contribution in [0, 0.1) is 0 Å². The third kappa shape index (κ3) is 4.23. The minimum absolute atomic E-state index is 0.106. The number of carbonyl (C=O) groups excluding carboxylic acids is 1. The fraction of sp³-hybridized carbons (Fsp3) is 0.300. The second-order valence-electron chi connectivity index (χ2n) is 6.35. The molecule has 0 bridgehead atoms. The normalized spacial score (nSPS) is 21.2. The molecule has 0 spiro atoms. The molecule has 25 heavy (non-hydrogen) atoms. The lowest BCUT2D eigenvalue weighted by atomic mass is 9.97. The highest BCUT2D eigenvalue weighted by molar-refractivity contribution is 6.53. The van der Waals surface area contributed by atoms with Crippen LogP contribution in [0.5, 0.6) is 0 Å². The van der Waals surface area contributed by atoms with Gasteiger partial charge in [0.15, 0.2) is 0 Å². The van der Waals surface area contributed by atoms with Crippen LogP contribution in [0.15, 0.2) is 65.8 Å². The maximum Gasteiger partial charge on any atom is 0.240 e. The Bertz CT molecular complexity index is 747. The zero-order valence-corrected chi connectivity index (χ0v) is 15.3. The van der Waals surface area contributed by atoms with E-state index >= 15 is 0 Å². The Morgan fingerprint density at radius 3 is 2.28 bits per heavy atom. The smallest absolute Gasteiger partial charge is 0.240 e. The van der Waals surface area contributed by atoms with Crippen LogP contribution in [0.3, 0.4) is 0 Å². The fourth-order valence-corrected chi connectivity index (χ4v) is 3.67. The molecule has 1 aliphatic carbocycles. The van der Waals surface area contributed by atoms with Gasteiger partial charge in [-0.3, -0.25) is 4.79 Å². The monoisotopic (exact) mass is 374 g/mol. The molecule has 1 N–H and O–H groups in total.